The number of ether oxygens (including phenoxy) is 2. The average molecular weight is 323 g/mol. The Bertz CT molecular complexity index is 903. The summed E-state index contributed by atoms with van der Waals surface area (Å²) in [4.78, 5) is 16.9. The molecule has 0 saturated heterocycles. The summed E-state index contributed by atoms with van der Waals surface area (Å²) in [7, 11) is 0. The minimum absolute atomic E-state index is 0.0986. The minimum atomic E-state index is -0.0986. The number of nitrogens with zero attached hydrogens (tertiary/aromatic N) is 2. The van der Waals surface area contributed by atoms with E-state index in [9.17, 15) is 4.79 Å². The lowest BCUT2D eigenvalue weighted by atomic mass is 10.2. The van der Waals surface area contributed by atoms with Gasteiger partial charge in [0.1, 0.15) is 25.6 Å². The van der Waals surface area contributed by atoms with Crippen LogP contribution < -0.4 is 14.8 Å². The van der Waals surface area contributed by atoms with Gasteiger partial charge in [0.25, 0.3) is 0 Å². The van der Waals surface area contributed by atoms with Crippen molar-refractivity contribution >= 4 is 22.6 Å². The second-order valence-corrected chi connectivity index (χ2v) is 5.64. The van der Waals surface area contributed by atoms with E-state index in [1.165, 1.54) is 0 Å². The van der Waals surface area contributed by atoms with E-state index in [0.717, 1.165) is 22.5 Å². The zero-order valence-electron chi connectivity index (χ0n) is 13.3. The number of aromatic nitrogens is 2. The molecule has 2 aromatic carbocycles. The fourth-order valence-corrected chi connectivity index (χ4v) is 2.85. The number of hydrogen-bond donors (Lipinski definition) is 1. The van der Waals surface area contributed by atoms with Gasteiger partial charge in [-0.25, -0.2) is 4.98 Å². The fourth-order valence-electron chi connectivity index (χ4n) is 2.85. The van der Waals surface area contributed by atoms with Crippen LogP contribution in [0.25, 0.3) is 11.0 Å². The van der Waals surface area contributed by atoms with E-state index in [0.29, 0.717) is 24.7 Å². The number of fused-ring (bicyclic) bond motifs is 2. The third-order valence-corrected chi connectivity index (χ3v) is 3.96. The number of para-hydroxylation sites is 1. The van der Waals surface area contributed by atoms with Crippen molar-refractivity contribution in [1.82, 2.24) is 9.55 Å². The number of carbonyl (C=O) groups is 1. The fraction of sp³-hybridized carbons (Fsp3) is 0.222. The number of hydrogen-bond acceptors (Lipinski definition) is 4. The molecule has 0 unspecified atom stereocenters. The second kappa shape index (κ2) is 5.88. The molecule has 0 atom stereocenters. The first kappa shape index (κ1) is 14.6. The SMILES string of the molecule is Cc1nc2cc3c(cc2n1CC(=O)Nc1ccccc1)OCCO3. The number of amides is 1. The number of nitrogens with one attached hydrogen (secondary N) is 1. The number of carbonyl (C=O) groups excluding carboxylic acids is 1. The standard InChI is InChI=1S/C18H17N3O3/c1-12-19-14-9-16-17(24-8-7-23-16)10-15(14)21(12)11-18(22)20-13-5-3-2-4-6-13/h2-6,9-10H,7-8,11H2,1H3,(H,20,22). The molecule has 3 aromatic rings. The predicted octanol–water partition coefficient (Wildman–Crippen LogP) is 2.75. The van der Waals surface area contributed by atoms with Crippen LogP contribution in [0.15, 0.2) is 42.5 Å². The van der Waals surface area contributed by atoms with Gasteiger partial charge in [-0.05, 0) is 19.1 Å². The third kappa shape index (κ3) is 2.67. The Morgan fingerprint density at radius 3 is 2.62 bits per heavy atom. The van der Waals surface area contributed by atoms with Gasteiger partial charge in [0, 0.05) is 17.8 Å². The highest BCUT2D eigenvalue weighted by Gasteiger charge is 2.18. The van der Waals surface area contributed by atoms with Crippen molar-refractivity contribution in [2.75, 3.05) is 18.5 Å². The van der Waals surface area contributed by atoms with E-state index in [4.69, 9.17) is 9.47 Å². The lowest BCUT2D eigenvalue weighted by molar-refractivity contribution is -0.116. The van der Waals surface area contributed by atoms with Gasteiger partial charge < -0.3 is 19.4 Å². The lowest BCUT2D eigenvalue weighted by Crippen LogP contribution is -2.19. The van der Waals surface area contributed by atoms with Crippen LogP contribution in [0.4, 0.5) is 5.69 Å². The molecular weight excluding hydrogens is 306 g/mol. The molecular formula is C18H17N3O3. The number of imidazole rings is 1. The topological polar surface area (TPSA) is 65.4 Å². The highest BCUT2D eigenvalue weighted by atomic mass is 16.6. The van der Waals surface area contributed by atoms with Crippen molar-refractivity contribution in [3.05, 3.63) is 48.3 Å². The van der Waals surface area contributed by atoms with Crippen molar-refractivity contribution < 1.29 is 14.3 Å². The Labute approximate surface area is 139 Å². The van der Waals surface area contributed by atoms with E-state index in [-0.39, 0.29) is 12.5 Å². The van der Waals surface area contributed by atoms with E-state index in [1.807, 2.05) is 54.0 Å². The van der Waals surface area contributed by atoms with Crippen molar-refractivity contribution in [2.24, 2.45) is 0 Å². The van der Waals surface area contributed by atoms with Crippen LogP contribution in [0.2, 0.25) is 0 Å². The van der Waals surface area contributed by atoms with Gasteiger partial charge in [-0.15, -0.1) is 0 Å². The number of benzene rings is 2. The van der Waals surface area contributed by atoms with Crippen LogP contribution in [0, 0.1) is 6.92 Å². The van der Waals surface area contributed by atoms with Crippen LogP contribution in [0.3, 0.4) is 0 Å². The molecule has 1 aliphatic rings. The molecule has 0 fully saturated rings. The molecule has 122 valence electrons. The molecule has 1 aliphatic heterocycles. The molecule has 0 bridgehead atoms. The smallest absolute Gasteiger partial charge is 0.244 e. The largest absolute Gasteiger partial charge is 0.486 e. The lowest BCUT2D eigenvalue weighted by Gasteiger charge is -2.18. The van der Waals surface area contributed by atoms with Gasteiger partial charge >= 0.3 is 0 Å². The Kier molecular flexibility index (Phi) is 3.57. The molecule has 24 heavy (non-hydrogen) atoms. The van der Waals surface area contributed by atoms with E-state index >= 15 is 0 Å². The van der Waals surface area contributed by atoms with Gasteiger partial charge in [-0.3, -0.25) is 4.79 Å². The molecule has 0 spiro atoms. The average Bonchev–Trinajstić information content (AvgIpc) is 2.88. The maximum atomic E-state index is 12.3. The van der Waals surface area contributed by atoms with Gasteiger partial charge in [-0.1, -0.05) is 18.2 Å². The normalized spacial score (nSPS) is 13.0. The molecule has 4 rings (SSSR count). The maximum absolute atomic E-state index is 12.3. The minimum Gasteiger partial charge on any atom is -0.486 e. The van der Waals surface area contributed by atoms with E-state index < -0.39 is 0 Å². The van der Waals surface area contributed by atoms with Gasteiger partial charge in [0.15, 0.2) is 11.5 Å². The van der Waals surface area contributed by atoms with Crippen LogP contribution in [-0.4, -0.2) is 28.7 Å². The molecule has 0 saturated carbocycles. The van der Waals surface area contributed by atoms with Gasteiger partial charge in [-0.2, -0.15) is 0 Å². The first-order valence-corrected chi connectivity index (χ1v) is 7.82. The monoisotopic (exact) mass is 323 g/mol. The molecule has 6 nitrogen and oxygen atoms in total. The van der Waals surface area contributed by atoms with E-state index in [1.54, 1.807) is 0 Å². The van der Waals surface area contributed by atoms with Crippen molar-refractivity contribution in [2.45, 2.75) is 13.5 Å². The summed E-state index contributed by atoms with van der Waals surface area (Å²) in [5.74, 6) is 2.07. The summed E-state index contributed by atoms with van der Waals surface area (Å²) in [6, 6.07) is 13.2. The maximum Gasteiger partial charge on any atom is 0.244 e. The van der Waals surface area contributed by atoms with Crippen molar-refractivity contribution in [3.8, 4) is 11.5 Å². The Morgan fingerprint density at radius 2 is 1.88 bits per heavy atom. The Morgan fingerprint density at radius 1 is 1.17 bits per heavy atom. The first-order valence-electron chi connectivity index (χ1n) is 7.82. The number of aryl methyl sites for hydroxylation is 1. The first-order chi connectivity index (χ1) is 11.7. The molecule has 0 aliphatic carbocycles. The number of anilines is 1. The highest BCUT2D eigenvalue weighted by molar-refractivity contribution is 5.92. The molecule has 0 radical (unpaired) electrons. The summed E-state index contributed by atoms with van der Waals surface area (Å²) in [5.41, 5.74) is 2.43. The Hall–Kier alpha value is -3.02. The quantitative estimate of drug-likeness (QED) is 0.805. The molecule has 2 heterocycles. The zero-order chi connectivity index (χ0) is 16.5. The van der Waals surface area contributed by atoms with E-state index in [2.05, 4.69) is 10.3 Å². The third-order valence-electron chi connectivity index (χ3n) is 3.96. The predicted molar refractivity (Wildman–Crippen MR) is 90.5 cm³/mol. The second-order valence-electron chi connectivity index (χ2n) is 5.64. The van der Waals surface area contributed by atoms with Gasteiger partial charge in [0.2, 0.25) is 5.91 Å². The summed E-state index contributed by atoms with van der Waals surface area (Å²) in [6.45, 7) is 3.14. The van der Waals surface area contributed by atoms with Crippen LogP contribution in [0.1, 0.15) is 5.82 Å². The Balaban J connectivity index is 1.63. The van der Waals surface area contributed by atoms with Crippen LogP contribution in [-0.2, 0) is 11.3 Å². The molecule has 1 amide bonds. The number of rotatable bonds is 3. The zero-order valence-corrected chi connectivity index (χ0v) is 13.3. The molecule has 6 heteroatoms. The summed E-state index contributed by atoms with van der Waals surface area (Å²) < 4.78 is 13.1. The summed E-state index contributed by atoms with van der Waals surface area (Å²) in [6.07, 6.45) is 0. The van der Waals surface area contributed by atoms with Crippen LogP contribution >= 0.6 is 0 Å². The summed E-state index contributed by atoms with van der Waals surface area (Å²) in [5, 5.41) is 2.89. The van der Waals surface area contributed by atoms with Crippen molar-refractivity contribution in [1.29, 1.82) is 0 Å². The summed E-state index contributed by atoms with van der Waals surface area (Å²) >= 11 is 0. The molecule has 1 aromatic heterocycles. The van der Waals surface area contributed by atoms with Gasteiger partial charge in [0.05, 0.1) is 11.0 Å². The molecule has 1 N–H and O–H groups in total. The van der Waals surface area contributed by atoms with Crippen LogP contribution in [0.5, 0.6) is 11.5 Å². The highest BCUT2D eigenvalue weighted by Crippen LogP contribution is 2.34. The van der Waals surface area contributed by atoms with Crippen molar-refractivity contribution in [3.63, 3.8) is 0 Å².